The number of carboxylic acid groups (broad SMARTS) is 1. The number of carbonyl (C=O) groups excluding carboxylic acids is 2. The molecule has 0 saturated carbocycles. The smallest absolute Gasteiger partial charge is 0.266 e. The van der Waals surface area contributed by atoms with Crippen molar-refractivity contribution in [3.05, 3.63) is 63.6 Å². The molecule has 156 valence electrons. The first-order chi connectivity index (χ1) is 14.2. The molecular formula is C23H23N2O4S-. The number of ether oxygens (including phenoxy) is 1. The molecule has 30 heavy (non-hydrogen) atoms. The molecule has 0 bridgehead atoms. The van der Waals surface area contributed by atoms with Crippen LogP contribution in [0.5, 0.6) is 5.75 Å². The van der Waals surface area contributed by atoms with Crippen LogP contribution >= 0.6 is 11.8 Å². The topological polar surface area (TPSA) is 82.0 Å². The van der Waals surface area contributed by atoms with Crippen molar-refractivity contribution in [2.75, 3.05) is 14.2 Å². The summed E-state index contributed by atoms with van der Waals surface area (Å²) in [4.78, 5) is 30.3. The molecule has 2 aromatic rings. The molecule has 7 heteroatoms. The molecule has 0 unspecified atom stereocenters. The number of thioether (sulfide) groups is 1. The van der Waals surface area contributed by atoms with Gasteiger partial charge in [0.25, 0.3) is 5.91 Å². The number of rotatable bonds is 5. The number of amidine groups is 1. The standard InChI is InChI=1S/C23H24N2O4S/c1-13(2)18-11-16(14(3)9-19(18)29-5)12-20-21(26)25(4)23(30-20)24-17-8-6-7-15(10-17)22(27)28/h6-13H,1-5H3,(H,27,28)/p-1/b20-12-,24-23?. The number of carbonyl (C=O) groups is 2. The summed E-state index contributed by atoms with van der Waals surface area (Å²) < 4.78 is 5.49. The number of carboxylic acids is 1. The second-order valence-electron chi connectivity index (χ2n) is 7.31. The van der Waals surface area contributed by atoms with Crippen LogP contribution in [0.2, 0.25) is 0 Å². The highest BCUT2D eigenvalue weighted by Crippen LogP contribution is 2.36. The number of hydrogen-bond donors (Lipinski definition) is 0. The van der Waals surface area contributed by atoms with Crippen LogP contribution in [0.25, 0.3) is 6.08 Å². The van der Waals surface area contributed by atoms with Gasteiger partial charge in [-0.15, -0.1) is 0 Å². The second kappa shape index (κ2) is 8.75. The number of nitrogens with zero attached hydrogens (tertiary/aromatic N) is 2. The SMILES string of the molecule is COc1cc(C)c(/C=C2\SC(=Nc3cccc(C(=O)[O-])c3)N(C)C2=O)cc1C(C)C. The molecule has 1 saturated heterocycles. The average Bonchev–Trinajstić information content (AvgIpc) is 2.97. The van der Waals surface area contributed by atoms with Gasteiger partial charge >= 0.3 is 0 Å². The highest BCUT2D eigenvalue weighted by Gasteiger charge is 2.30. The van der Waals surface area contributed by atoms with Gasteiger partial charge in [0.2, 0.25) is 0 Å². The van der Waals surface area contributed by atoms with Gasteiger partial charge in [0, 0.05) is 7.05 Å². The van der Waals surface area contributed by atoms with Crippen molar-refractivity contribution < 1.29 is 19.4 Å². The molecule has 1 amide bonds. The first-order valence-corrected chi connectivity index (χ1v) is 10.3. The number of amides is 1. The Kier molecular flexibility index (Phi) is 6.31. The minimum Gasteiger partial charge on any atom is -0.545 e. The molecule has 1 aliphatic heterocycles. The molecule has 6 nitrogen and oxygen atoms in total. The Labute approximate surface area is 180 Å². The van der Waals surface area contributed by atoms with Crippen LogP contribution in [0, 0.1) is 6.92 Å². The lowest BCUT2D eigenvalue weighted by Gasteiger charge is -2.14. The summed E-state index contributed by atoms with van der Waals surface area (Å²) in [6.45, 7) is 6.17. The Bertz CT molecular complexity index is 1070. The van der Waals surface area contributed by atoms with E-state index < -0.39 is 5.97 Å². The van der Waals surface area contributed by atoms with Crippen LogP contribution < -0.4 is 9.84 Å². The van der Waals surface area contributed by atoms with Crippen molar-refractivity contribution in [2.24, 2.45) is 4.99 Å². The maximum atomic E-state index is 12.8. The van der Waals surface area contributed by atoms with Gasteiger partial charge in [0.05, 0.1) is 23.7 Å². The zero-order valence-corrected chi connectivity index (χ0v) is 18.4. The summed E-state index contributed by atoms with van der Waals surface area (Å²) in [6, 6.07) is 10.2. The Hall–Kier alpha value is -3.06. The van der Waals surface area contributed by atoms with Crippen molar-refractivity contribution in [2.45, 2.75) is 26.7 Å². The average molecular weight is 424 g/mol. The fraction of sp³-hybridized carbons (Fsp3) is 0.261. The van der Waals surface area contributed by atoms with E-state index in [1.807, 2.05) is 19.1 Å². The summed E-state index contributed by atoms with van der Waals surface area (Å²) in [5, 5.41) is 11.6. The largest absolute Gasteiger partial charge is 0.545 e. The number of aryl methyl sites for hydroxylation is 1. The number of benzene rings is 2. The summed E-state index contributed by atoms with van der Waals surface area (Å²) in [5.74, 6) is -0.309. The Morgan fingerprint density at radius 1 is 1.27 bits per heavy atom. The highest BCUT2D eigenvalue weighted by molar-refractivity contribution is 8.18. The molecular weight excluding hydrogens is 400 g/mol. The monoisotopic (exact) mass is 423 g/mol. The fourth-order valence-electron chi connectivity index (χ4n) is 3.11. The predicted octanol–water partition coefficient (Wildman–Crippen LogP) is 3.72. The molecule has 0 aromatic heterocycles. The van der Waals surface area contributed by atoms with Gasteiger partial charge in [-0.25, -0.2) is 4.99 Å². The zero-order chi connectivity index (χ0) is 22.0. The molecule has 0 N–H and O–H groups in total. The van der Waals surface area contributed by atoms with Gasteiger partial charge in [0.15, 0.2) is 5.17 Å². The highest BCUT2D eigenvalue weighted by atomic mass is 32.2. The quantitative estimate of drug-likeness (QED) is 0.685. The predicted molar refractivity (Wildman–Crippen MR) is 118 cm³/mol. The molecule has 0 atom stereocenters. The number of aromatic carboxylic acids is 1. The van der Waals surface area contributed by atoms with E-state index in [2.05, 4.69) is 24.9 Å². The summed E-state index contributed by atoms with van der Waals surface area (Å²) in [6.07, 6.45) is 1.87. The Morgan fingerprint density at radius 3 is 2.63 bits per heavy atom. The van der Waals surface area contributed by atoms with Crippen molar-refractivity contribution in [3.63, 3.8) is 0 Å². The van der Waals surface area contributed by atoms with Gasteiger partial charge in [-0.3, -0.25) is 9.69 Å². The van der Waals surface area contributed by atoms with Crippen LogP contribution in [0.4, 0.5) is 5.69 Å². The number of likely N-dealkylation sites (N-methyl/N-ethyl adjacent to an activating group) is 1. The van der Waals surface area contributed by atoms with Crippen LogP contribution in [-0.2, 0) is 4.79 Å². The molecule has 1 fully saturated rings. The van der Waals surface area contributed by atoms with Crippen LogP contribution in [0.15, 0.2) is 46.3 Å². The lowest BCUT2D eigenvalue weighted by molar-refractivity contribution is -0.255. The van der Waals surface area contributed by atoms with Gasteiger partial charge in [-0.05, 0) is 77.2 Å². The van der Waals surface area contributed by atoms with Crippen molar-refractivity contribution in [1.82, 2.24) is 4.90 Å². The summed E-state index contributed by atoms with van der Waals surface area (Å²) in [7, 11) is 3.31. The minimum absolute atomic E-state index is 0.0414. The Balaban J connectivity index is 1.97. The van der Waals surface area contributed by atoms with E-state index in [1.165, 1.54) is 28.8 Å². The van der Waals surface area contributed by atoms with Crippen molar-refractivity contribution in [1.29, 1.82) is 0 Å². The molecule has 1 heterocycles. The first-order valence-electron chi connectivity index (χ1n) is 9.47. The van der Waals surface area contributed by atoms with Gasteiger partial charge in [-0.2, -0.15) is 0 Å². The minimum atomic E-state index is -1.27. The van der Waals surface area contributed by atoms with E-state index in [1.54, 1.807) is 26.3 Å². The normalized spacial score (nSPS) is 16.7. The van der Waals surface area contributed by atoms with E-state index in [0.29, 0.717) is 15.8 Å². The lowest BCUT2D eigenvalue weighted by atomic mass is 9.96. The van der Waals surface area contributed by atoms with Crippen LogP contribution in [-0.4, -0.2) is 36.1 Å². The molecule has 3 rings (SSSR count). The summed E-state index contributed by atoms with van der Waals surface area (Å²) >= 11 is 1.26. The van der Waals surface area contributed by atoms with E-state index in [-0.39, 0.29) is 17.4 Å². The van der Waals surface area contributed by atoms with E-state index in [4.69, 9.17) is 4.74 Å². The second-order valence-corrected chi connectivity index (χ2v) is 8.32. The van der Waals surface area contributed by atoms with E-state index >= 15 is 0 Å². The van der Waals surface area contributed by atoms with Crippen molar-refractivity contribution >= 4 is 40.6 Å². The molecule has 1 aliphatic rings. The van der Waals surface area contributed by atoms with Crippen LogP contribution in [0.1, 0.15) is 46.8 Å². The Morgan fingerprint density at radius 2 is 2.00 bits per heavy atom. The third-order valence-corrected chi connectivity index (χ3v) is 5.90. The molecule has 2 aromatic carbocycles. The third-order valence-electron chi connectivity index (χ3n) is 4.84. The third kappa shape index (κ3) is 4.41. The maximum absolute atomic E-state index is 12.8. The number of aliphatic imine (C=N–C) groups is 1. The molecule has 0 aliphatic carbocycles. The number of methoxy groups -OCH3 is 1. The van der Waals surface area contributed by atoms with E-state index in [9.17, 15) is 14.7 Å². The first kappa shape index (κ1) is 21.6. The van der Waals surface area contributed by atoms with Crippen LogP contribution in [0.3, 0.4) is 0 Å². The summed E-state index contributed by atoms with van der Waals surface area (Å²) in [5.41, 5.74) is 3.52. The molecule has 0 spiro atoms. The zero-order valence-electron chi connectivity index (χ0n) is 17.6. The van der Waals surface area contributed by atoms with Gasteiger partial charge in [-0.1, -0.05) is 26.0 Å². The fourth-order valence-corrected chi connectivity index (χ4v) is 4.08. The van der Waals surface area contributed by atoms with Crippen molar-refractivity contribution in [3.8, 4) is 5.75 Å². The van der Waals surface area contributed by atoms with E-state index in [0.717, 1.165) is 22.4 Å². The number of hydrogen-bond acceptors (Lipinski definition) is 6. The van der Waals surface area contributed by atoms with Gasteiger partial charge < -0.3 is 14.6 Å². The maximum Gasteiger partial charge on any atom is 0.266 e. The lowest BCUT2D eigenvalue weighted by Crippen LogP contribution is -2.23. The molecule has 0 radical (unpaired) electrons. The van der Waals surface area contributed by atoms with Gasteiger partial charge in [0.1, 0.15) is 5.75 Å².